The minimum Gasteiger partial charge on any atom is -0.366 e. The minimum absolute atomic E-state index is 0.362. The molecule has 0 bridgehead atoms. The highest BCUT2D eigenvalue weighted by Crippen LogP contribution is 2.34. The highest BCUT2D eigenvalue weighted by molar-refractivity contribution is 9.10. The van der Waals surface area contributed by atoms with Gasteiger partial charge in [-0.05, 0) is 24.6 Å². The fraction of sp³-hybridized carbons (Fsp3) is 0.154. The van der Waals surface area contributed by atoms with E-state index in [1.165, 1.54) is 6.33 Å². The molecular weight excluding hydrogens is 322 g/mol. The Balaban J connectivity index is 2.19. The lowest BCUT2D eigenvalue weighted by atomic mass is 9.95. The van der Waals surface area contributed by atoms with Crippen LogP contribution in [0.1, 0.15) is 18.5 Å². The lowest BCUT2D eigenvalue weighted by molar-refractivity contribution is -0.115. The zero-order chi connectivity index (χ0) is 14.3. The van der Waals surface area contributed by atoms with Crippen molar-refractivity contribution in [3.05, 3.63) is 51.9 Å². The molecule has 1 aromatic carbocycles. The van der Waals surface area contributed by atoms with E-state index in [0.29, 0.717) is 17.2 Å². The Labute approximate surface area is 123 Å². The molecule has 20 heavy (non-hydrogen) atoms. The summed E-state index contributed by atoms with van der Waals surface area (Å²) in [6.45, 7) is 1.81. The third-order valence-electron chi connectivity index (χ3n) is 3.25. The molecule has 102 valence electrons. The van der Waals surface area contributed by atoms with Gasteiger partial charge >= 0.3 is 0 Å². The number of rotatable bonds is 2. The first kappa shape index (κ1) is 12.9. The van der Waals surface area contributed by atoms with Crippen LogP contribution >= 0.6 is 15.9 Å². The van der Waals surface area contributed by atoms with E-state index in [1.807, 2.05) is 31.2 Å². The smallest absolute Gasteiger partial charge is 0.248 e. The van der Waals surface area contributed by atoms with Gasteiger partial charge in [0.05, 0.1) is 5.57 Å². The van der Waals surface area contributed by atoms with E-state index in [2.05, 4.69) is 31.3 Å². The third-order valence-corrected chi connectivity index (χ3v) is 3.77. The monoisotopic (exact) mass is 333 g/mol. The van der Waals surface area contributed by atoms with Gasteiger partial charge < -0.3 is 11.1 Å². The second kappa shape index (κ2) is 4.75. The normalized spacial score (nSPS) is 17.6. The SMILES string of the molecule is CC1=C(C(N)=O)[C@@H](c2ccc(Br)cc2)n2ncnc2N1. The van der Waals surface area contributed by atoms with Crippen molar-refractivity contribution in [2.75, 3.05) is 5.32 Å². The van der Waals surface area contributed by atoms with Gasteiger partial charge in [-0.1, -0.05) is 28.1 Å². The number of allylic oxidation sites excluding steroid dienone is 1. The number of benzene rings is 1. The number of carbonyl (C=O) groups excluding carboxylic acids is 1. The molecule has 1 aliphatic heterocycles. The predicted molar refractivity (Wildman–Crippen MR) is 77.8 cm³/mol. The Morgan fingerprint density at radius 3 is 2.75 bits per heavy atom. The number of halogens is 1. The number of nitrogens with one attached hydrogen (secondary N) is 1. The van der Waals surface area contributed by atoms with E-state index in [-0.39, 0.29) is 6.04 Å². The van der Waals surface area contributed by atoms with Crippen LogP contribution in [0.2, 0.25) is 0 Å². The lowest BCUT2D eigenvalue weighted by Gasteiger charge is -2.27. The number of carbonyl (C=O) groups is 1. The number of hydrogen-bond acceptors (Lipinski definition) is 4. The molecule has 0 radical (unpaired) electrons. The maximum Gasteiger partial charge on any atom is 0.248 e. The van der Waals surface area contributed by atoms with Crippen molar-refractivity contribution in [1.82, 2.24) is 14.8 Å². The van der Waals surface area contributed by atoms with E-state index >= 15 is 0 Å². The molecule has 0 aliphatic carbocycles. The molecule has 2 heterocycles. The summed E-state index contributed by atoms with van der Waals surface area (Å²) in [6, 6.07) is 7.34. The molecule has 3 N–H and O–H groups in total. The second-order valence-corrected chi connectivity index (χ2v) is 5.43. The van der Waals surface area contributed by atoms with Gasteiger partial charge in [-0.25, -0.2) is 4.68 Å². The zero-order valence-corrected chi connectivity index (χ0v) is 12.3. The van der Waals surface area contributed by atoms with E-state index < -0.39 is 5.91 Å². The van der Waals surface area contributed by atoms with Crippen LogP contribution in [0.4, 0.5) is 5.95 Å². The molecule has 0 fully saturated rings. The predicted octanol–water partition coefficient (Wildman–Crippen LogP) is 1.81. The van der Waals surface area contributed by atoms with Crippen LogP contribution in [0.15, 0.2) is 46.3 Å². The Morgan fingerprint density at radius 2 is 2.10 bits per heavy atom. The number of nitrogens with two attached hydrogens (primary N) is 1. The zero-order valence-electron chi connectivity index (χ0n) is 10.7. The summed E-state index contributed by atoms with van der Waals surface area (Å²) >= 11 is 3.40. The highest BCUT2D eigenvalue weighted by Gasteiger charge is 2.31. The molecule has 1 atom stereocenters. The molecular formula is C13H12BrN5O. The highest BCUT2D eigenvalue weighted by atomic mass is 79.9. The number of amides is 1. The van der Waals surface area contributed by atoms with Crippen molar-refractivity contribution in [2.45, 2.75) is 13.0 Å². The first-order valence-electron chi connectivity index (χ1n) is 6.00. The van der Waals surface area contributed by atoms with Gasteiger partial charge in [0.2, 0.25) is 11.9 Å². The maximum atomic E-state index is 11.8. The van der Waals surface area contributed by atoms with Gasteiger partial charge in [0.15, 0.2) is 0 Å². The summed E-state index contributed by atoms with van der Waals surface area (Å²) in [7, 11) is 0. The van der Waals surface area contributed by atoms with Gasteiger partial charge in [-0.15, -0.1) is 0 Å². The Hall–Kier alpha value is -2.15. The molecule has 3 rings (SSSR count). The second-order valence-electron chi connectivity index (χ2n) is 4.51. The molecule has 7 heteroatoms. The number of fused-ring (bicyclic) bond motifs is 1. The summed E-state index contributed by atoms with van der Waals surface area (Å²) in [6.07, 6.45) is 1.45. The van der Waals surface area contributed by atoms with E-state index in [1.54, 1.807) is 4.68 Å². The number of hydrogen-bond donors (Lipinski definition) is 2. The fourth-order valence-electron chi connectivity index (χ4n) is 2.36. The van der Waals surface area contributed by atoms with Crippen molar-refractivity contribution in [1.29, 1.82) is 0 Å². The maximum absolute atomic E-state index is 11.8. The van der Waals surface area contributed by atoms with Crippen molar-refractivity contribution >= 4 is 27.8 Å². The molecule has 0 saturated carbocycles. The Kier molecular flexibility index (Phi) is 3.06. The van der Waals surface area contributed by atoms with Crippen LogP contribution in [-0.2, 0) is 4.79 Å². The molecule has 6 nitrogen and oxygen atoms in total. The quantitative estimate of drug-likeness (QED) is 0.877. The molecule has 1 aliphatic rings. The summed E-state index contributed by atoms with van der Waals surface area (Å²) in [5.41, 5.74) is 7.65. The van der Waals surface area contributed by atoms with Gasteiger partial charge in [-0.3, -0.25) is 4.79 Å². The summed E-state index contributed by atoms with van der Waals surface area (Å²) in [5.74, 6) is 0.129. The number of nitrogens with zero attached hydrogens (tertiary/aromatic N) is 3. The Morgan fingerprint density at radius 1 is 1.40 bits per heavy atom. The van der Waals surface area contributed by atoms with Crippen molar-refractivity contribution < 1.29 is 4.79 Å². The van der Waals surface area contributed by atoms with Gasteiger partial charge in [0.1, 0.15) is 12.4 Å². The van der Waals surface area contributed by atoms with Crippen LogP contribution in [0.25, 0.3) is 0 Å². The summed E-state index contributed by atoms with van der Waals surface area (Å²) in [5, 5.41) is 7.23. The molecule has 2 aromatic rings. The largest absolute Gasteiger partial charge is 0.366 e. The van der Waals surface area contributed by atoms with Crippen LogP contribution in [0.3, 0.4) is 0 Å². The van der Waals surface area contributed by atoms with Crippen LogP contribution in [0, 0.1) is 0 Å². The van der Waals surface area contributed by atoms with Crippen LogP contribution < -0.4 is 11.1 Å². The first-order chi connectivity index (χ1) is 9.58. The average molecular weight is 334 g/mol. The fourth-order valence-corrected chi connectivity index (χ4v) is 2.63. The van der Waals surface area contributed by atoms with Crippen molar-refractivity contribution in [3.8, 4) is 0 Å². The summed E-state index contributed by atoms with van der Waals surface area (Å²) in [4.78, 5) is 15.9. The van der Waals surface area contributed by atoms with E-state index in [9.17, 15) is 4.79 Å². The standard InChI is InChI=1S/C13H12BrN5O/c1-7-10(12(15)20)11(8-2-4-9(14)5-3-8)19-13(18-7)16-6-17-19/h2-6,11H,1H3,(H2,15,20)(H,16,17,18)/t11-/m1/s1. The molecule has 0 spiro atoms. The molecule has 1 amide bonds. The van der Waals surface area contributed by atoms with Crippen LogP contribution in [0.5, 0.6) is 0 Å². The van der Waals surface area contributed by atoms with E-state index in [0.717, 1.165) is 10.0 Å². The molecule has 0 saturated heterocycles. The van der Waals surface area contributed by atoms with Crippen molar-refractivity contribution in [3.63, 3.8) is 0 Å². The molecule has 1 aromatic heterocycles. The third kappa shape index (κ3) is 2.00. The average Bonchev–Trinajstić information content (AvgIpc) is 2.85. The number of aromatic nitrogens is 3. The topological polar surface area (TPSA) is 85.8 Å². The lowest BCUT2D eigenvalue weighted by Crippen LogP contribution is -2.31. The Bertz CT molecular complexity index is 704. The first-order valence-corrected chi connectivity index (χ1v) is 6.80. The van der Waals surface area contributed by atoms with Crippen molar-refractivity contribution in [2.24, 2.45) is 5.73 Å². The number of primary amides is 1. The van der Waals surface area contributed by atoms with Gasteiger partial charge in [0, 0.05) is 10.2 Å². The van der Waals surface area contributed by atoms with Crippen LogP contribution in [-0.4, -0.2) is 20.7 Å². The van der Waals surface area contributed by atoms with Gasteiger partial charge in [-0.2, -0.15) is 10.1 Å². The van der Waals surface area contributed by atoms with Gasteiger partial charge in [0.25, 0.3) is 0 Å². The van der Waals surface area contributed by atoms with E-state index in [4.69, 9.17) is 5.73 Å². The number of anilines is 1. The molecule has 0 unspecified atom stereocenters. The minimum atomic E-state index is -0.468. The summed E-state index contributed by atoms with van der Waals surface area (Å²) < 4.78 is 2.63.